The Balaban J connectivity index is 2.27. The molecule has 0 spiro atoms. The first-order valence-electron chi connectivity index (χ1n) is 4.71. The maximum atomic E-state index is 11.2. The molecule has 2 rings (SSSR count). The van der Waals surface area contributed by atoms with E-state index < -0.39 is 0 Å². The molecule has 1 N–H and O–H groups in total. The van der Waals surface area contributed by atoms with Crippen LogP contribution in [-0.4, -0.2) is 17.7 Å². The van der Waals surface area contributed by atoms with E-state index in [0.717, 1.165) is 11.1 Å². The summed E-state index contributed by atoms with van der Waals surface area (Å²) in [6.07, 6.45) is 0.446. The summed E-state index contributed by atoms with van der Waals surface area (Å²) in [5.41, 5.74) is 2.29. The summed E-state index contributed by atoms with van der Waals surface area (Å²) in [6, 6.07) is 5.43. The lowest BCUT2D eigenvalue weighted by atomic mass is 10.1. The van der Waals surface area contributed by atoms with Crippen LogP contribution in [0.2, 0.25) is 0 Å². The van der Waals surface area contributed by atoms with Gasteiger partial charge in [0.25, 0.3) is 0 Å². The Morgan fingerprint density at radius 2 is 2.33 bits per heavy atom. The minimum atomic E-state index is -0.282. The number of benzene rings is 1. The molecule has 1 aromatic rings. The van der Waals surface area contributed by atoms with E-state index in [2.05, 4.69) is 11.8 Å². The summed E-state index contributed by atoms with van der Waals surface area (Å²) in [5, 5.41) is 8.56. The molecule has 1 heterocycles. The van der Waals surface area contributed by atoms with Gasteiger partial charge in [-0.25, -0.2) is 4.79 Å². The standard InChI is InChI=1S/C12H10O3/c13-6-2-1-3-9-4-5-10-8-15-12(14)11(10)7-9/h4-5,7,13H,2,6,8H2. The molecule has 0 aliphatic carbocycles. The molecule has 1 aliphatic rings. The number of esters is 1. The van der Waals surface area contributed by atoms with Crippen molar-refractivity contribution in [3.8, 4) is 11.8 Å². The van der Waals surface area contributed by atoms with Gasteiger partial charge in [0, 0.05) is 17.5 Å². The molecule has 0 saturated heterocycles. The van der Waals surface area contributed by atoms with Gasteiger partial charge in [0.15, 0.2) is 0 Å². The van der Waals surface area contributed by atoms with Crippen LogP contribution in [0.25, 0.3) is 0 Å². The molecular weight excluding hydrogens is 192 g/mol. The third-order valence-electron chi connectivity index (χ3n) is 2.16. The number of hydrogen-bond acceptors (Lipinski definition) is 3. The number of hydrogen-bond donors (Lipinski definition) is 1. The number of aliphatic hydroxyl groups excluding tert-OH is 1. The first-order valence-corrected chi connectivity index (χ1v) is 4.71. The molecule has 0 unspecified atom stereocenters. The van der Waals surface area contributed by atoms with Crippen LogP contribution in [0.15, 0.2) is 18.2 Å². The Kier molecular flexibility index (Phi) is 2.70. The average Bonchev–Trinajstić information content (AvgIpc) is 2.61. The lowest BCUT2D eigenvalue weighted by Crippen LogP contribution is -1.93. The van der Waals surface area contributed by atoms with Crippen molar-refractivity contribution >= 4 is 5.97 Å². The summed E-state index contributed by atoms with van der Waals surface area (Å²) in [6.45, 7) is 0.415. The van der Waals surface area contributed by atoms with Gasteiger partial charge < -0.3 is 9.84 Å². The molecule has 0 bridgehead atoms. The normalized spacial score (nSPS) is 12.7. The number of carbonyl (C=O) groups is 1. The van der Waals surface area contributed by atoms with Crippen molar-refractivity contribution in [2.75, 3.05) is 6.61 Å². The summed E-state index contributed by atoms with van der Waals surface area (Å²) >= 11 is 0. The van der Waals surface area contributed by atoms with E-state index in [1.807, 2.05) is 12.1 Å². The highest BCUT2D eigenvalue weighted by Gasteiger charge is 2.20. The highest BCUT2D eigenvalue weighted by Crippen LogP contribution is 2.20. The molecule has 0 fully saturated rings. The van der Waals surface area contributed by atoms with E-state index in [9.17, 15) is 4.79 Å². The van der Waals surface area contributed by atoms with Crippen LogP contribution in [0.1, 0.15) is 27.9 Å². The SMILES string of the molecule is O=C1OCc2ccc(C#CCCO)cc21. The Morgan fingerprint density at radius 1 is 1.47 bits per heavy atom. The number of fused-ring (bicyclic) bond motifs is 1. The molecule has 0 aromatic heterocycles. The van der Waals surface area contributed by atoms with Crippen molar-refractivity contribution in [3.63, 3.8) is 0 Å². The van der Waals surface area contributed by atoms with Crippen LogP contribution in [-0.2, 0) is 11.3 Å². The molecule has 3 nitrogen and oxygen atoms in total. The molecule has 1 aliphatic heterocycles. The van der Waals surface area contributed by atoms with Crippen molar-refractivity contribution in [1.29, 1.82) is 0 Å². The number of cyclic esters (lactones) is 1. The van der Waals surface area contributed by atoms with E-state index in [0.29, 0.717) is 18.6 Å². The first-order chi connectivity index (χ1) is 7.31. The quantitative estimate of drug-likeness (QED) is 0.547. The van der Waals surface area contributed by atoms with Gasteiger partial charge in [0.1, 0.15) is 6.61 Å². The van der Waals surface area contributed by atoms with Gasteiger partial charge in [-0.1, -0.05) is 17.9 Å². The predicted octanol–water partition coefficient (Wildman–Crippen LogP) is 1.09. The van der Waals surface area contributed by atoms with Crippen LogP contribution in [0, 0.1) is 11.8 Å². The third kappa shape index (κ3) is 2.00. The Labute approximate surface area is 87.7 Å². The van der Waals surface area contributed by atoms with E-state index in [1.165, 1.54) is 0 Å². The van der Waals surface area contributed by atoms with Crippen molar-refractivity contribution in [1.82, 2.24) is 0 Å². The van der Waals surface area contributed by atoms with E-state index >= 15 is 0 Å². The van der Waals surface area contributed by atoms with Crippen LogP contribution in [0.4, 0.5) is 0 Å². The lowest BCUT2D eigenvalue weighted by Gasteiger charge is -1.94. The topological polar surface area (TPSA) is 46.5 Å². The minimum absolute atomic E-state index is 0.0555. The molecular formula is C12H10O3. The van der Waals surface area contributed by atoms with E-state index in [1.54, 1.807) is 6.07 Å². The molecule has 0 amide bonds. The minimum Gasteiger partial charge on any atom is -0.457 e. The zero-order valence-corrected chi connectivity index (χ0v) is 8.12. The Morgan fingerprint density at radius 3 is 3.13 bits per heavy atom. The van der Waals surface area contributed by atoms with E-state index in [-0.39, 0.29) is 12.6 Å². The maximum absolute atomic E-state index is 11.2. The zero-order chi connectivity index (χ0) is 10.7. The largest absolute Gasteiger partial charge is 0.457 e. The lowest BCUT2D eigenvalue weighted by molar-refractivity contribution is 0.0535. The van der Waals surface area contributed by atoms with Gasteiger partial charge in [-0.3, -0.25) is 0 Å². The second kappa shape index (κ2) is 4.16. The zero-order valence-electron chi connectivity index (χ0n) is 8.12. The van der Waals surface area contributed by atoms with Gasteiger partial charge in [-0.15, -0.1) is 0 Å². The summed E-state index contributed by atoms with van der Waals surface area (Å²) in [7, 11) is 0. The number of rotatable bonds is 1. The molecule has 0 radical (unpaired) electrons. The van der Waals surface area contributed by atoms with Crippen LogP contribution >= 0.6 is 0 Å². The molecule has 15 heavy (non-hydrogen) atoms. The van der Waals surface area contributed by atoms with Crippen molar-refractivity contribution in [3.05, 3.63) is 34.9 Å². The molecule has 76 valence electrons. The fourth-order valence-electron chi connectivity index (χ4n) is 1.41. The van der Waals surface area contributed by atoms with Crippen LogP contribution in [0.3, 0.4) is 0 Å². The van der Waals surface area contributed by atoms with E-state index in [4.69, 9.17) is 9.84 Å². The summed E-state index contributed by atoms with van der Waals surface area (Å²) in [5.74, 6) is 5.40. The second-order valence-electron chi connectivity index (χ2n) is 3.22. The average molecular weight is 202 g/mol. The molecule has 0 saturated carbocycles. The van der Waals surface area contributed by atoms with Crippen LogP contribution < -0.4 is 0 Å². The smallest absolute Gasteiger partial charge is 0.338 e. The summed E-state index contributed by atoms with van der Waals surface area (Å²) in [4.78, 5) is 11.2. The number of carbonyl (C=O) groups excluding carboxylic acids is 1. The van der Waals surface area contributed by atoms with Gasteiger partial charge in [0.2, 0.25) is 0 Å². The Bertz CT molecular complexity index is 452. The van der Waals surface area contributed by atoms with Gasteiger partial charge in [-0.2, -0.15) is 0 Å². The van der Waals surface area contributed by atoms with Crippen molar-refractivity contribution < 1.29 is 14.6 Å². The third-order valence-corrected chi connectivity index (χ3v) is 2.16. The molecule has 3 heteroatoms. The predicted molar refractivity (Wildman–Crippen MR) is 54.1 cm³/mol. The highest BCUT2D eigenvalue weighted by atomic mass is 16.5. The fourth-order valence-corrected chi connectivity index (χ4v) is 1.41. The first kappa shape index (κ1) is 9.75. The van der Waals surface area contributed by atoms with Gasteiger partial charge in [-0.05, 0) is 12.1 Å². The monoisotopic (exact) mass is 202 g/mol. The maximum Gasteiger partial charge on any atom is 0.338 e. The molecule has 1 aromatic carbocycles. The number of aliphatic hydroxyl groups is 1. The van der Waals surface area contributed by atoms with Crippen molar-refractivity contribution in [2.24, 2.45) is 0 Å². The van der Waals surface area contributed by atoms with Gasteiger partial charge >= 0.3 is 5.97 Å². The molecule has 0 atom stereocenters. The Hall–Kier alpha value is -1.79. The van der Waals surface area contributed by atoms with Crippen LogP contribution in [0.5, 0.6) is 0 Å². The summed E-state index contributed by atoms with van der Waals surface area (Å²) < 4.78 is 4.88. The van der Waals surface area contributed by atoms with Gasteiger partial charge in [0.05, 0.1) is 12.2 Å². The fraction of sp³-hybridized carbons (Fsp3) is 0.250. The number of ether oxygens (including phenoxy) is 1. The second-order valence-corrected chi connectivity index (χ2v) is 3.22. The van der Waals surface area contributed by atoms with Crippen molar-refractivity contribution in [2.45, 2.75) is 13.0 Å². The highest BCUT2D eigenvalue weighted by molar-refractivity contribution is 5.93.